The average Bonchev–Trinajstić information content (AvgIpc) is 2.42. The van der Waals surface area contributed by atoms with Gasteiger partial charge in [0.25, 0.3) is 0 Å². The van der Waals surface area contributed by atoms with Gasteiger partial charge in [0.2, 0.25) is 0 Å². The number of hydrogen-bond donors (Lipinski definition) is 2. The third-order valence-electron chi connectivity index (χ3n) is 3.68. The standard InChI is InChI=1S/C15H24N2O/c1-3-18-15-7-5-4-6-14(15)17-13-10-8-12(16-2)9-11-13/h4-7,12-13,16-17H,3,8-11H2,1-2H3. The van der Waals surface area contributed by atoms with Gasteiger partial charge in [-0.3, -0.25) is 0 Å². The summed E-state index contributed by atoms with van der Waals surface area (Å²) in [5.74, 6) is 0.968. The first-order valence-corrected chi connectivity index (χ1v) is 6.99. The maximum Gasteiger partial charge on any atom is 0.142 e. The summed E-state index contributed by atoms with van der Waals surface area (Å²) in [6.07, 6.45) is 4.97. The van der Waals surface area contributed by atoms with Crippen molar-refractivity contribution in [3.05, 3.63) is 24.3 Å². The Morgan fingerprint density at radius 2 is 1.78 bits per heavy atom. The predicted molar refractivity (Wildman–Crippen MR) is 76.3 cm³/mol. The topological polar surface area (TPSA) is 33.3 Å². The third kappa shape index (κ3) is 3.39. The lowest BCUT2D eigenvalue weighted by molar-refractivity contribution is 0.339. The van der Waals surface area contributed by atoms with Crippen LogP contribution in [0.1, 0.15) is 32.6 Å². The lowest BCUT2D eigenvalue weighted by Crippen LogP contribution is -2.35. The molecule has 0 saturated heterocycles. The van der Waals surface area contributed by atoms with Crippen molar-refractivity contribution < 1.29 is 4.74 Å². The quantitative estimate of drug-likeness (QED) is 0.840. The van der Waals surface area contributed by atoms with Gasteiger partial charge in [-0.1, -0.05) is 12.1 Å². The van der Waals surface area contributed by atoms with E-state index in [2.05, 4.69) is 29.8 Å². The minimum absolute atomic E-state index is 0.580. The predicted octanol–water partition coefficient (Wildman–Crippen LogP) is 3.03. The molecule has 0 bridgehead atoms. The van der Waals surface area contributed by atoms with Gasteiger partial charge < -0.3 is 15.4 Å². The summed E-state index contributed by atoms with van der Waals surface area (Å²) < 4.78 is 5.65. The van der Waals surface area contributed by atoms with Gasteiger partial charge in [0.15, 0.2) is 0 Å². The minimum atomic E-state index is 0.580. The number of nitrogens with one attached hydrogen (secondary N) is 2. The van der Waals surface area contributed by atoms with Gasteiger partial charge in [-0.15, -0.1) is 0 Å². The first-order valence-electron chi connectivity index (χ1n) is 6.99. The van der Waals surface area contributed by atoms with Crippen molar-refractivity contribution in [1.29, 1.82) is 0 Å². The highest BCUT2D eigenvalue weighted by molar-refractivity contribution is 5.56. The fourth-order valence-electron chi connectivity index (χ4n) is 2.61. The highest BCUT2D eigenvalue weighted by Gasteiger charge is 2.20. The van der Waals surface area contributed by atoms with Crippen LogP contribution in [-0.2, 0) is 0 Å². The van der Waals surface area contributed by atoms with Crippen LogP contribution in [0.15, 0.2) is 24.3 Å². The number of hydrogen-bond acceptors (Lipinski definition) is 3. The molecule has 3 nitrogen and oxygen atoms in total. The lowest BCUT2D eigenvalue weighted by Gasteiger charge is -2.30. The average molecular weight is 248 g/mol. The summed E-state index contributed by atoms with van der Waals surface area (Å²) in [6, 6.07) is 9.50. The molecule has 3 heteroatoms. The zero-order valence-electron chi connectivity index (χ0n) is 11.4. The summed E-state index contributed by atoms with van der Waals surface area (Å²) in [5.41, 5.74) is 1.13. The SMILES string of the molecule is CCOc1ccccc1NC1CCC(NC)CC1. The van der Waals surface area contributed by atoms with Crippen molar-refractivity contribution in [1.82, 2.24) is 5.32 Å². The van der Waals surface area contributed by atoms with Gasteiger partial charge in [-0.2, -0.15) is 0 Å². The summed E-state index contributed by atoms with van der Waals surface area (Å²) in [6.45, 7) is 2.74. The molecule has 0 unspecified atom stereocenters. The Kier molecular flexibility index (Phi) is 4.88. The van der Waals surface area contributed by atoms with Gasteiger partial charge in [0.05, 0.1) is 12.3 Å². The molecule has 2 N–H and O–H groups in total. The second-order valence-electron chi connectivity index (χ2n) is 4.91. The van der Waals surface area contributed by atoms with Crippen molar-refractivity contribution in [2.24, 2.45) is 0 Å². The molecule has 0 aromatic heterocycles. The van der Waals surface area contributed by atoms with Crippen LogP contribution < -0.4 is 15.4 Å². The van der Waals surface area contributed by atoms with E-state index in [1.165, 1.54) is 25.7 Å². The number of anilines is 1. The number of para-hydroxylation sites is 2. The first kappa shape index (κ1) is 13.2. The summed E-state index contributed by atoms with van der Waals surface area (Å²) in [7, 11) is 2.06. The molecule has 0 radical (unpaired) electrons. The molecular weight excluding hydrogens is 224 g/mol. The van der Waals surface area contributed by atoms with Crippen molar-refractivity contribution in [3.8, 4) is 5.75 Å². The van der Waals surface area contributed by atoms with E-state index in [1.807, 2.05) is 19.1 Å². The Morgan fingerprint density at radius 1 is 1.11 bits per heavy atom. The second kappa shape index (κ2) is 6.64. The molecule has 18 heavy (non-hydrogen) atoms. The molecule has 2 rings (SSSR count). The van der Waals surface area contributed by atoms with Crippen LogP contribution >= 0.6 is 0 Å². The Labute approximate surface area is 110 Å². The normalized spacial score (nSPS) is 23.7. The smallest absolute Gasteiger partial charge is 0.142 e. The molecule has 1 aromatic carbocycles. The second-order valence-corrected chi connectivity index (χ2v) is 4.91. The molecule has 1 fully saturated rings. The Morgan fingerprint density at radius 3 is 2.44 bits per heavy atom. The van der Waals surface area contributed by atoms with Crippen LogP contribution in [0.4, 0.5) is 5.69 Å². The monoisotopic (exact) mass is 248 g/mol. The van der Waals surface area contributed by atoms with E-state index >= 15 is 0 Å². The van der Waals surface area contributed by atoms with Crippen molar-refractivity contribution >= 4 is 5.69 Å². The Balaban J connectivity index is 1.93. The first-order chi connectivity index (χ1) is 8.83. The molecule has 1 aliphatic rings. The summed E-state index contributed by atoms with van der Waals surface area (Å²) >= 11 is 0. The fraction of sp³-hybridized carbons (Fsp3) is 0.600. The van der Waals surface area contributed by atoms with E-state index in [9.17, 15) is 0 Å². The molecule has 0 heterocycles. The van der Waals surface area contributed by atoms with Crippen LogP contribution in [0.25, 0.3) is 0 Å². The fourth-order valence-corrected chi connectivity index (χ4v) is 2.61. The van der Waals surface area contributed by atoms with E-state index in [4.69, 9.17) is 4.74 Å². The molecule has 1 aromatic rings. The van der Waals surface area contributed by atoms with Crippen LogP contribution in [0.5, 0.6) is 5.75 Å². The van der Waals surface area contributed by atoms with Gasteiger partial charge in [-0.05, 0) is 51.8 Å². The van der Waals surface area contributed by atoms with Crippen molar-refractivity contribution in [2.45, 2.75) is 44.7 Å². The number of ether oxygens (including phenoxy) is 1. The number of rotatable bonds is 5. The Hall–Kier alpha value is -1.22. The zero-order valence-corrected chi connectivity index (χ0v) is 11.4. The van der Waals surface area contributed by atoms with Crippen LogP contribution in [0.3, 0.4) is 0 Å². The highest BCUT2D eigenvalue weighted by Crippen LogP contribution is 2.28. The van der Waals surface area contributed by atoms with Gasteiger partial charge in [-0.25, -0.2) is 0 Å². The van der Waals surface area contributed by atoms with Crippen molar-refractivity contribution in [3.63, 3.8) is 0 Å². The van der Waals surface area contributed by atoms with Crippen molar-refractivity contribution in [2.75, 3.05) is 19.0 Å². The van der Waals surface area contributed by atoms with Gasteiger partial charge >= 0.3 is 0 Å². The molecule has 100 valence electrons. The summed E-state index contributed by atoms with van der Waals surface area (Å²) in [4.78, 5) is 0. The maximum atomic E-state index is 5.65. The van der Waals surface area contributed by atoms with E-state index in [1.54, 1.807) is 0 Å². The molecule has 0 amide bonds. The maximum absolute atomic E-state index is 5.65. The third-order valence-corrected chi connectivity index (χ3v) is 3.68. The van der Waals surface area contributed by atoms with Gasteiger partial charge in [0.1, 0.15) is 5.75 Å². The molecular formula is C15H24N2O. The molecule has 1 saturated carbocycles. The zero-order chi connectivity index (χ0) is 12.8. The van der Waals surface area contributed by atoms with Gasteiger partial charge in [0, 0.05) is 12.1 Å². The van der Waals surface area contributed by atoms with Crippen LogP contribution in [0.2, 0.25) is 0 Å². The van der Waals surface area contributed by atoms with E-state index in [0.29, 0.717) is 18.7 Å². The Bertz CT molecular complexity index is 359. The van der Waals surface area contributed by atoms with E-state index < -0.39 is 0 Å². The minimum Gasteiger partial charge on any atom is -0.492 e. The molecule has 0 aliphatic heterocycles. The molecule has 0 spiro atoms. The highest BCUT2D eigenvalue weighted by atomic mass is 16.5. The lowest BCUT2D eigenvalue weighted by atomic mass is 9.91. The van der Waals surface area contributed by atoms with Crippen LogP contribution in [0, 0.1) is 0 Å². The van der Waals surface area contributed by atoms with Crippen LogP contribution in [-0.4, -0.2) is 25.7 Å². The number of benzene rings is 1. The largest absolute Gasteiger partial charge is 0.492 e. The summed E-state index contributed by atoms with van der Waals surface area (Å²) in [5, 5.41) is 6.99. The molecule has 1 aliphatic carbocycles. The van der Waals surface area contributed by atoms with E-state index in [0.717, 1.165) is 11.4 Å². The van der Waals surface area contributed by atoms with E-state index in [-0.39, 0.29) is 0 Å². The molecule has 0 atom stereocenters.